The largest absolute Gasteiger partial charge is 0.434 e. The predicted molar refractivity (Wildman–Crippen MR) is 104 cm³/mol. The Kier molecular flexibility index (Phi) is 5.54. The molecule has 0 aliphatic rings. The summed E-state index contributed by atoms with van der Waals surface area (Å²) >= 11 is 6.00. The molecule has 0 fully saturated rings. The molecule has 2 aromatic heterocycles. The quantitative estimate of drug-likeness (QED) is 0.272. The Hall–Kier alpha value is -3.93. The van der Waals surface area contributed by atoms with Gasteiger partial charge in [-0.15, -0.1) is 5.11 Å². The van der Waals surface area contributed by atoms with Gasteiger partial charge in [-0.25, -0.2) is 19.0 Å². The van der Waals surface area contributed by atoms with Gasteiger partial charge in [0.15, 0.2) is 11.5 Å². The number of alkyl halides is 3. The van der Waals surface area contributed by atoms with Crippen molar-refractivity contribution in [1.29, 1.82) is 5.53 Å². The Morgan fingerprint density at radius 1 is 1.15 bits per heavy atom. The highest BCUT2D eigenvalue weighted by Crippen LogP contribution is 2.43. The molecule has 0 saturated heterocycles. The number of rotatable bonds is 4. The first-order valence-corrected chi connectivity index (χ1v) is 9.28. The summed E-state index contributed by atoms with van der Waals surface area (Å²) in [4.78, 5) is 12.4. The zero-order valence-corrected chi connectivity index (χ0v) is 16.7. The van der Waals surface area contributed by atoms with Gasteiger partial charge in [-0.05, 0) is 30.3 Å². The van der Waals surface area contributed by atoms with Crippen LogP contribution in [-0.4, -0.2) is 20.8 Å². The minimum Gasteiger partial charge on any atom is -0.355 e. The molecule has 1 N–H and O–H groups in total. The molecule has 0 saturated carbocycles. The zero-order chi connectivity index (χ0) is 23.9. The highest BCUT2D eigenvalue weighted by atomic mass is 35.5. The van der Waals surface area contributed by atoms with E-state index in [-0.39, 0.29) is 10.7 Å². The van der Waals surface area contributed by atoms with Gasteiger partial charge in [0, 0.05) is 0 Å². The molecule has 0 atom stereocenters. The van der Waals surface area contributed by atoms with E-state index in [1.165, 1.54) is 24.3 Å². The summed E-state index contributed by atoms with van der Waals surface area (Å²) in [6, 6.07) is 7.76. The van der Waals surface area contributed by atoms with E-state index in [1.54, 1.807) is 0 Å². The van der Waals surface area contributed by atoms with Crippen LogP contribution < -0.4 is 0 Å². The second-order valence-corrected chi connectivity index (χ2v) is 6.95. The summed E-state index contributed by atoms with van der Waals surface area (Å²) in [6.45, 7) is 0. The molecule has 0 unspecified atom stereocenters. The molecular weight excluding hydrogens is 473 g/mol. The van der Waals surface area contributed by atoms with E-state index in [0.717, 1.165) is 24.4 Å². The molecule has 0 aliphatic heterocycles. The van der Waals surface area contributed by atoms with Crippen LogP contribution in [0.5, 0.6) is 0 Å². The fraction of sp³-hybridized carbons (Fsp3) is 0.0500. The van der Waals surface area contributed by atoms with Crippen LogP contribution >= 0.6 is 11.6 Å². The second kappa shape index (κ2) is 8.20. The van der Waals surface area contributed by atoms with Crippen molar-refractivity contribution < 1.29 is 31.3 Å². The van der Waals surface area contributed by atoms with Gasteiger partial charge >= 0.3 is 12.1 Å². The van der Waals surface area contributed by atoms with Crippen LogP contribution in [0.1, 0.15) is 16.1 Å². The van der Waals surface area contributed by atoms with E-state index in [0.29, 0.717) is 4.68 Å². The number of aromatic nitrogens is 3. The van der Waals surface area contributed by atoms with Crippen molar-refractivity contribution in [2.45, 2.75) is 6.18 Å². The summed E-state index contributed by atoms with van der Waals surface area (Å²) in [5, 5.41) is 9.72. The van der Waals surface area contributed by atoms with E-state index >= 15 is 0 Å². The van der Waals surface area contributed by atoms with Gasteiger partial charge in [0.2, 0.25) is 0 Å². The molecule has 13 heteroatoms. The van der Waals surface area contributed by atoms with Gasteiger partial charge < -0.3 is 4.52 Å². The molecule has 2 heterocycles. The normalized spacial score (nSPS) is 11.6. The standard InChI is InChI=1S/C20H9ClF5N5O2/c21-12-5-2-6-13(23)14(12)16-15(19(32)29-27)17(33-30-16)11-8-28-31(18(11)20(24,25)26)10-4-1-3-9(22)7-10/h1-8,27H. The van der Waals surface area contributed by atoms with Gasteiger partial charge in [-0.1, -0.05) is 28.9 Å². The van der Waals surface area contributed by atoms with Crippen molar-refractivity contribution in [2.24, 2.45) is 5.11 Å². The van der Waals surface area contributed by atoms with Crippen molar-refractivity contribution in [3.05, 3.63) is 76.6 Å². The van der Waals surface area contributed by atoms with Gasteiger partial charge in [-0.3, -0.25) is 4.79 Å². The highest BCUT2D eigenvalue weighted by molar-refractivity contribution is 6.33. The van der Waals surface area contributed by atoms with E-state index in [4.69, 9.17) is 21.7 Å². The zero-order valence-electron chi connectivity index (χ0n) is 16.0. The van der Waals surface area contributed by atoms with Crippen LogP contribution in [0.3, 0.4) is 0 Å². The SMILES string of the molecule is N=NC(=O)c1c(-c2c(F)cccc2Cl)noc1-c1cnn(-c2cccc(F)c2)c1C(F)(F)F. The molecule has 4 rings (SSSR count). The molecule has 168 valence electrons. The first-order chi connectivity index (χ1) is 15.6. The Bertz CT molecular complexity index is 1380. The van der Waals surface area contributed by atoms with Gasteiger partial charge in [0.25, 0.3) is 0 Å². The summed E-state index contributed by atoms with van der Waals surface area (Å²) in [6.07, 6.45) is -4.33. The van der Waals surface area contributed by atoms with E-state index in [2.05, 4.69) is 15.4 Å². The van der Waals surface area contributed by atoms with Crippen LogP contribution in [0, 0.1) is 17.2 Å². The molecule has 2 aromatic carbocycles. The van der Waals surface area contributed by atoms with Crippen LogP contribution in [-0.2, 0) is 6.18 Å². The van der Waals surface area contributed by atoms with E-state index in [9.17, 15) is 26.7 Å². The summed E-state index contributed by atoms with van der Waals surface area (Å²) in [7, 11) is 0. The van der Waals surface area contributed by atoms with Crippen LogP contribution in [0.4, 0.5) is 22.0 Å². The van der Waals surface area contributed by atoms with Gasteiger partial charge in [0.1, 0.15) is 22.9 Å². The summed E-state index contributed by atoms with van der Waals surface area (Å²) in [5.74, 6) is -3.86. The second-order valence-electron chi connectivity index (χ2n) is 6.55. The number of halogens is 6. The minimum absolute atomic E-state index is 0.208. The van der Waals surface area contributed by atoms with Crippen molar-refractivity contribution >= 4 is 17.5 Å². The Morgan fingerprint density at radius 3 is 2.52 bits per heavy atom. The van der Waals surface area contributed by atoms with Crippen molar-refractivity contribution in [3.8, 4) is 28.3 Å². The summed E-state index contributed by atoms with van der Waals surface area (Å²) in [5.41, 5.74) is 2.92. The Morgan fingerprint density at radius 2 is 1.88 bits per heavy atom. The Labute approximate surface area is 185 Å². The molecule has 4 aromatic rings. The third-order valence-corrected chi connectivity index (χ3v) is 4.86. The predicted octanol–water partition coefficient (Wildman–Crippen LogP) is 6.32. The topological polar surface area (TPSA) is 97.1 Å². The smallest absolute Gasteiger partial charge is 0.355 e. The molecule has 0 bridgehead atoms. The number of hydrogen-bond donors (Lipinski definition) is 1. The maximum atomic E-state index is 14.4. The number of benzene rings is 2. The fourth-order valence-electron chi connectivity index (χ4n) is 3.21. The number of carbonyl (C=O) groups is 1. The average molecular weight is 482 g/mol. The number of hydrogen-bond acceptors (Lipinski definition) is 5. The molecule has 33 heavy (non-hydrogen) atoms. The van der Waals surface area contributed by atoms with Crippen molar-refractivity contribution in [2.75, 3.05) is 0 Å². The average Bonchev–Trinajstić information content (AvgIpc) is 3.37. The molecule has 1 amide bonds. The lowest BCUT2D eigenvalue weighted by molar-refractivity contribution is -0.142. The monoisotopic (exact) mass is 481 g/mol. The molecule has 7 nitrogen and oxygen atoms in total. The highest BCUT2D eigenvalue weighted by Gasteiger charge is 2.42. The fourth-order valence-corrected chi connectivity index (χ4v) is 3.47. The number of nitrogens with zero attached hydrogens (tertiary/aromatic N) is 4. The maximum absolute atomic E-state index is 14.4. The maximum Gasteiger partial charge on any atom is 0.434 e. The van der Waals surface area contributed by atoms with Crippen molar-refractivity contribution in [1.82, 2.24) is 14.9 Å². The third-order valence-electron chi connectivity index (χ3n) is 4.54. The Balaban J connectivity index is 2.02. The molecular formula is C20H9ClF5N5O2. The lowest BCUT2D eigenvalue weighted by Crippen LogP contribution is -2.15. The lowest BCUT2D eigenvalue weighted by atomic mass is 10.0. The van der Waals surface area contributed by atoms with E-state index in [1.807, 2.05) is 0 Å². The minimum atomic E-state index is -5.06. The number of amides is 1. The third kappa shape index (κ3) is 3.89. The van der Waals surface area contributed by atoms with Crippen LogP contribution in [0.15, 0.2) is 58.3 Å². The molecule has 0 radical (unpaired) electrons. The van der Waals surface area contributed by atoms with Crippen LogP contribution in [0.25, 0.3) is 28.3 Å². The summed E-state index contributed by atoms with van der Waals surface area (Å²) < 4.78 is 75.6. The van der Waals surface area contributed by atoms with Gasteiger partial charge in [0.05, 0.1) is 28.0 Å². The number of nitrogens with one attached hydrogen (secondary N) is 1. The van der Waals surface area contributed by atoms with Crippen molar-refractivity contribution in [3.63, 3.8) is 0 Å². The van der Waals surface area contributed by atoms with E-state index < -0.39 is 57.6 Å². The lowest BCUT2D eigenvalue weighted by Gasteiger charge is -2.12. The molecule has 0 spiro atoms. The number of carbonyl (C=O) groups excluding carboxylic acids is 1. The van der Waals surface area contributed by atoms with Gasteiger partial charge in [-0.2, -0.15) is 18.3 Å². The molecule has 0 aliphatic carbocycles. The first-order valence-electron chi connectivity index (χ1n) is 8.91. The first kappa shape index (κ1) is 22.3. The van der Waals surface area contributed by atoms with Crippen LogP contribution in [0.2, 0.25) is 5.02 Å².